The Hall–Kier alpha value is -1.66. The monoisotopic (exact) mass is 340 g/mol. The van der Waals surface area contributed by atoms with Crippen molar-refractivity contribution >= 4 is 39.7 Å². The second-order valence-corrected chi connectivity index (χ2v) is 5.04. The molecule has 0 bridgehead atoms. The molecule has 0 aliphatic heterocycles. The first kappa shape index (κ1) is 13.8. The number of carbonyl (C=O) groups is 1. The number of rotatable bonds is 3. The minimum absolute atomic E-state index is 0.283. The highest BCUT2D eigenvalue weighted by molar-refractivity contribution is 9.10. The lowest BCUT2D eigenvalue weighted by Crippen LogP contribution is -2.18. The van der Waals surface area contributed by atoms with E-state index in [1.165, 1.54) is 6.21 Å². The summed E-state index contributed by atoms with van der Waals surface area (Å²) in [6, 6.07) is 7.15. The van der Waals surface area contributed by atoms with Gasteiger partial charge in [-0.05, 0) is 33.6 Å². The number of hydrazone groups is 1. The normalized spacial score (nSPS) is 10.9. The van der Waals surface area contributed by atoms with Crippen molar-refractivity contribution < 1.29 is 4.79 Å². The van der Waals surface area contributed by atoms with Crippen LogP contribution in [0.3, 0.4) is 0 Å². The van der Waals surface area contributed by atoms with Crippen LogP contribution < -0.4 is 5.43 Å². The molecule has 0 fully saturated rings. The number of hydrogen-bond acceptors (Lipinski definition) is 3. The van der Waals surface area contributed by atoms with Gasteiger partial charge in [0.25, 0.3) is 5.91 Å². The topological polar surface area (TPSA) is 59.3 Å². The maximum Gasteiger partial charge on any atom is 0.293 e. The number of hydrogen-bond donors (Lipinski definition) is 1. The van der Waals surface area contributed by atoms with E-state index in [9.17, 15) is 4.79 Å². The van der Waals surface area contributed by atoms with E-state index in [1.807, 2.05) is 6.07 Å². The largest absolute Gasteiger partial charge is 0.293 e. The smallest absolute Gasteiger partial charge is 0.274 e. The second-order valence-electron chi connectivity index (χ2n) is 3.75. The average Bonchev–Trinajstić information content (AvgIpc) is 2.68. The van der Waals surface area contributed by atoms with Crippen molar-refractivity contribution in [1.82, 2.24) is 15.2 Å². The number of halogens is 2. The summed E-state index contributed by atoms with van der Waals surface area (Å²) in [5.41, 5.74) is 3.48. The molecule has 0 saturated heterocycles. The van der Waals surface area contributed by atoms with E-state index in [2.05, 4.69) is 31.6 Å². The molecule has 0 aliphatic rings. The highest BCUT2D eigenvalue weighted by atomic mass is 79.9. The maximum absolute atomic E-state index is 11.8. The predicted molar refractivity (Wildman–Crippen MR) is 77.4 cm³/mol. The van der Waals surface area contributed by atoms with Gasteiger partial charge in [0.2, 0.25) is 0 Å². The molecule has 0 spiro atoms. The van der Waals surface area contributed by atoms with Gasteiger partial charge in [0.1, 0.15) is 0 Å². The lowest BCUT2D eigenvalue weighted by atomic mass is 10.2. The number of aryl methyl sites for hydroxylation is 1. The fraction of sp³-hybridized carbons (Fsp3) is 0.0833. The fourth-order valence-electron chi connectivity index (χ4n) is 1.42. The fourth-order valence-corrected chi connectivity index (χ4v) is 2.17. The van der Waals surface area contributed by atoms with Crippen LogP contribution in [-0.4, -0.2) is 21.9 Å². The minimum atomic E-state index is -0.384. The summed E-state index contributed by atoms with van der Waals surface area (Å²) in [4.78, 5) is 11.8. The van der Waals surface area contributed by atoms with Crippen molar-refractivity contribution in [2.24, 2.45) is 12.1 Å². The molecule has 1 amide bonds. The number of carbonyl (C=O) groups excluding carboxylic acids is 1. The SMILES string of the molecule is Cn1cc(Br)c(C(=O)N/N=C\c2cccc(Cl)c2)n1. The molecule has 5 nitrogen and oxygen atoms in total. The van der Waals surface area contributed by atoms with Crippen molar-refractivity contribution in [3.05, 3.63) is 51.2 Å². The van der Waals surface area contributed by atoms with E-state index in [1.54, 1.807) is 36.1 Å². The van der Waals surface area contributed by atoms with Gasteiger partial charge in [0.15, 0.2) is 5.69 Å². The molecule has 2 aromatic rings. The van der Waals surface area contributed by atoms with Crippen LogP contribution in [0.5, 0.6) is 0 Å². The van der Waals surface area contributed by atoms with Crippen LogP contribution >= 0.6 is 27.5 Å². The molecule has 19 heavy (non-hydrogen) atoms. The summed E-state index contributed by atoms with van der Waals surface area (Å²) in [6.45, 7) is 0. The molecule has 1 N–H and O–H groups in total. The predicted octanol–water partition coefficient (Wildman–Crippen LogP) is 2.60. The third kappa shape index (κ3) is 3.65. The first-order valence-corrected chi connectivity index (χ1v) is 6.51. The molecular formula is C12H10BrClN4O. The molecule has 1 heterocycles. The molecule has 0 radical (unpaired) electrons. The summed E-state index contributed by atoms with van der Waals surface area (Å²) >= 11 is 9.09. The molecule has 0 unspecified atom stereocenters. The molecule has 0 aliphatic carbocycles. The van der Waals surface area contributed by atoms with Crippen LogP contribution in [0, 0.1) is 0 Å². The summed E-state index contributed by atoms with van der Waals surface area (Å²) in [5, 5.41) is 8.48. The third-order valence-electron chi connectivity index (χ3n) is 2.23. The lowest BCUT2D eigenvalue weighted by Gasteiger charge is -1.97. The summed E-state index contributed by atoms with van der Waals surface area (Å²) in [6.07, 6.45) is 3.20. The Morgan fingerprint density at radius 3 is 3.00 bits per heavy atom. The van der Waals surface area contributed by atoms with Gasteiger partial charge in [0, 0.05) is 18.3 Å². The van der Waals surface area contributed by atoms with Gasteiger partial charge < -0.3 is 0 Å². The van der Waals surface area contributed by atoms with Crippen molar-refractivity contribution in [3.8, 4) is 0 Å². The van der Waals surface area contributed by atoms with Crippen LogP contribution in [0.2, 0.25) is 5.02 Å². The maximum atomic E-state index is 11.8. The third-order valence-corrected chi connectivity index (χ3v) is 3.04. The van der Waals surface area contributed by atoms with Crippen LogP contribution in [0.1, 0.15) is 16.1 Å². The Morgan fingerprint density at radius 2 is 2.37 bits per heavy atom. The van der Waals surface area contributed by atoms with Gasteiger partial charge in [-0.25, -0.2) is 5.43 Å². The van der Waals surface area contributed by atoms with E-state index < -0.39 is 0 Å². The molecule has 2 rings (SSSR count). The summed E-state index contributed by atoms with van der Waals surface area (Å²) < 4.78 is 2.16. The molecule has 7 heteroatoms. The molecule has 0 saturated carbocycles. The zero-order chi connectivity index (χ0) is 13.8. The van der Waals surface area contributed by atoms with Crippen molar-refractivity contribution in [2.45, 2.75) is 0 Å². The van der Waals surface area contributed by atoms with Crippen molar-refractivity contribution in [3.63, 3.8) is 0 Å². The number of nitrogens with one attached hydrogen (secondary N) is 1. The van der Waals surface area contributed by atoms with Crippen molar-refractivity contribution in [1.29, 1.82) is 0 Å². The van der Waals surface area contributed by atoms with Gasteiger partial charge in [-0.2, -0.15) is 10.2 Å². The lowest BCUT2D eigenvalue weighted by molar-refractivity contribution is 0.0948. The van der Waals surface area contributed by atoms with Crippen molar-refractivity contribution in [2.75, 3.05) is 0 Å². The van der Waals surface area contributed by atoms with Gasteiger partial charge in [-0.3, -0.25) is 9.48 Å². The van der Waals surface area contributed by atoms with Gasteiger partial charge in [-0.1, -0.05) is 23.7 Å². The van der Waals surface area contributed by atoms with Gasteiger partial charge >= 0.3 is 0 Å². The first-order valence-electron chi connectivity index (χ1n) is 5.34. The van der Waals surface area contributed by atoms with E-state index in [-0.39, 0.29) is 11.6 Å². The Kier molecular flexibility index (Phi) is 4.34. The van der Waals surface area contributed by atoms with E-state index in [0.29, 0.717) is 9.50 Å². The van der Waals surface area contributed by atoms with Gasteiger partial charge in [-0.15, -0.1) is 0 Å². The summed E-state index contributed by atoms with van der Waals surface area (Å²) in [5.74, 6) is -0.384. The molecule has 1 aromatic heterocycles. The van der Waals surface area contributed by atoms with Crippen LogP contribution in [0.15, 0.2) is 40.0 Å². The highest BCUT2D eigenvalue weighted by Crippen LogP contribution is 2.13. The number of amides is 1. The number of benzene rings is 1. The quantitative estimate of drug-likeness (QED) is 0.689. The Balaban J connectivity index is 2.03. The molecule has 1 aromatic carbocycles. The van der Waals surface area contributed by atoms with E-state index >= 15 is 0 Å². The van der Waals surface area contributed by atoms with Gasteiger partial charge in [0.05, 0.1) is 10.7 Å². The first-order chi connectivity index (χ1) is 9.06. The Bertz CT molecular complexity index is 638. The zero-order valence-corrected chi connectivity index (χ0v) is 12.3. The highest BCUT2D eigenvalue weighted by Gasteiger charge is 2.13. The molecular weight excluding hydrogens is 332 g/mol. The number of nitrogens with zero attached hydrogens (tertiary/aromatic N) is 3. The minimum Gasteiger partial charge on any atom is -0.274 e. The average molecular weight is 342 g/mol. The molecule has 98 valence electrons. The van der Waals surface area contributed by atoms with Crippen LogP contribution in [-0.2, 0) is 7.05 Å². The zero-order valence-electron chi connectivity index (χ0n) is 9.97. The van der Waals surface area contributed by atoms with Crippen LogP contribution in [0.4, 0.5) is 0 Å². The standard InChI is InChI=1S/C12H10BrClN4O/c1-18-7-10(13)11(17-18)12(19)16-15-6-8-3-2-4-9(14)5-8/h2-7H,1H3,(H,16,19)/b15-6-. The molecule has 0 atom stereocenters. The Labute approximate surface area is 123 Å². The van der Waals surface area contributed by atoms with Crippen LogP contribution in [0.25, 0.3) is 0 Å². The summed E-state index contributed by atoms with van der Waals surface area (Å²) in [7, 11) is 1.73. The Morgan fingerprint density at radius 1 is 1.58 bits per heavy atom. The van der Waals surface area contributed by atoms with E-state index in [0.717, 1.165) is 5.56 Å². The second kappa shape index (κ2) is 5.99. The van der Waals surface area contributed by atoms with E-state index in [4.69, 9.17) is 11.6 Å². The number of aromatic nitrogens is 2.